The molecule has 10 heteroatoms. The van der Waals surface area contributed by atoms with E-state index in [2.05, 4.69) is 16.4 Å². The van der Waals surface area contributed by atoms with Gasteiger partial charge in [-0.2, -0.15) is 17.6 Å². The van der Waals surface area contributed by atoms with E-state index in [-0.39, 0.29) is 17.7 Å². The molecule has 2 aromatic rings. The lowest BCUT2D eigenvalue weighted by Crippen LogP contribution is -2.25. The number of rotatable bonds is 10. The van der Waals surface area contributed by atoms with E-state index in [1.54, 1.807) is 0 Å². The van der Waals surface area contributed by atoms with Gasteiger partial charge in [-0.3, -0.25) is 0 Å². The standard InChI is InChI=1S/C25H26F8O2/c1-2-3-14-4-6-15(7-5-14)8-9-16-10-18(26)22(19(27)11-16)25(32,33)35-17-12-20(28)23(21(29)13-17)34-24(30)31/h10-15,24H,2-9H2,1H3/t14-,15-. The van der Waals surface area contributed by atoms with Crippen molar-refractivity contribution in [3.63, 3.8) is 0 Å². The lowest BCUT2D eigenvalue weighted by atomic mass is 9.78. The van der Waals surface area contributed by atoms with Gasteiger partial charge in [-0.1, -0.05) is 45.4 Å². The molecule has 2 aromatic carbocycles. The zero-order valence-electron chi connectivity index (χ0n) is 19.0. The number of hydrogen-bond acceptors (Lipinski definition) is 2. The molecule has 0 heterocycles. The summed E-state index contributed by atoms with van der Waals surface area (Å²) in [5.74, 6) is -8.22. The molecule has 3 rings (SSSR count). The second-order valence-corrected chi connectivity index (χ2v) is 8.86. The number of aryl methyl sites for hydroxylation is 1. The van der Waals surface area contributed by atoms with Crippen LogP contribution in [-0.2, 0) is 12.5 Å². The summed E-state index contributed by atoms with van der Waals surface area (Å²) in [7, 11) is 0. The Bertz CT molecular complexity index is 957. The maximum Gasteiger partial charge on any atom is 0.432 e. The summed E-state index contributed by atoms with van der Waals surface area (Å²) in [6, 6.07) is 1.88. The molecular formula is C25H26F8O2. The van der Waals surface area contributed by atoms with Gasteiger partial charge in [0.05, 0.1) is 0 Å². The molecule has 1 aliphatic carbocycles. The van der Waals surface area contributed by atoms with Gasteiger partial charge in [0, 0.05) is 12.1 Å². The molecule has 0 unspecified atom stereocenters. The van der Waals surface area contributed by atoms with Crippen LogP contribution in [0.3, 0.4) is 0 Å². The van der Waals surface area contributed by atoms with Crippen molar-refractivity contribution in [1.29, 1.82) is 0 Å². The van der Waals surface area contributed by atoms with Crippen molar-refractivity contribution in [3.8, 4) is 11.5 Å². The highest BCUT2D eigenvalue weighted by Gasteiger charge is 2.41. The van der Waals surface area contributed by atoms with Crippen LogP contribution in [0.2, 0.25) is 0 Å². The maximum absolute atomic E-state index is 14.5. The topological polar surface area (TPSA) is 18.5 Å². The number of ether oxygens (including phenoxy) is 2. The fraction of sp³-hybridized carbons (Fsp3) is 0.520. The van der Waals surface area contributed by atoms with Gasteiger partial charge in [-0.05, 0) is 42.4 Å². The Morgan fingerprint density at radius 2 is 1.34 bits per heavy atom. The van der Waals surface area contributed by atoms with Crippen molar-refractivity contribution in [2.24, 2.45) is 11.8 Å². The first-order valence-electron chi connectivity index (χ1n) is 11.5. The highest BCUT2D eigenvalue weighted by Crippen LogP contribution is 2.38. The van der Waals surface area contributed by atoms with E-state index in [1.807, 2.05) is 0 Å². The average Bonchev–Trinajstić information content (AvgIpc) is 2.75. The molecule has 0 aliphatic heterocycles. The Balaban J connectivity index is 1.69. The molecule has 0 bridgehead atoms. The second kappa shape index (κ2) is 11.5. The summed E-state index contributed by atoms with van der Waals surface area (Å²) in [4.78, 5) is 0. The largest absolute Gasteiger partial charge is 0.432 e. The number of hydrogen-bond donors (Lipinski definition) is 0. The van der Waals surface area contributed by atoms with Gasteiger partial charge < -0.3 is 9.47 Å². The van der Waals surface area contributed by atoms with Gasteiger partial charge in [0.1, 0.15) is 22.9 Å². The van der Waals surface area contributed by atoms with E-state index in [1.165, 1.54) is 6.42 Å². The normalized spacial score (nSPS) is 18.7. The minimum Gasteiger partial charge on any atom is -0.429 e. The van der Waals surface area contributed by atoms with Crippen LogP contribution < -0.4 is 9.47 Å². The molecule has 0 N–H and O–H groups in total. The lowest BCUT2D eigenvalue weighted by Gasteiger charge is -2.28. The van der Waals surface area contributed by atoms with E-state index in [4.69, 9.17) is 0 Å². The second-order valence-electron chi connectivity index (χ2n) is 8.86. The van der Waals surface area contributed by atoms with Crippen molar-refractivity contribution in [1.82, 2.24) is 0 Å². The number of halogens is 8. The van der Waals surface area contributed by atoms with Gasteiger partial charge in [-0.15, -0.1) is 0 Å². The summed E-state index contributed by atoms with van der Waals surface area (Å²) in [5, 5.41) is 0. The predicted molar refractivity (Wildman–Crippen MR) is 113 cm³/mol. The highest BCUT2D eigenvalue weighted by atomic mass is 19.3. The molecular weight excluding hydrogens is 484 g/mol. The zero-order chi connectivity index (χ0) is 25.8. The molecule has 0 spiro atoms. The van der Waals surface area contributed by atoms with Crippen molar-refractivity contribution in [2.75, 3.05) is 0 Å². The van der Waals surface area contributed by atoms with Gasteiger partial charge >= 0.3 is 12.7 Å². The molecule has 2 nitrogen and oxygen atoms in total. The van der Waals surface area contributed by atoms with Crippen molar-refractivity contribution < 1.29 is 44.6 Å². The fourth-order valence-electron chi connectivity index (χ4n) is 4.63. The Hall–Kier alpha value is -2.52. The van der Waals surface area contributed by atoms with Crippen molar-refractivity contribution >= 4 is 0 Å². The summed E-state index contributed by atoms with van der Waals surface area (Å²) in [6.45, 7) is -1.42. The van der Waals surface area contributed by atoms with Crippen LogP contribution in [0.1, 0.15) is 63.0 Å². The van der Waals surface area contributed by atoms with Crippen LogP contribution in [0.5, 0.6) is 11.5 Å². The summed E-state index contributed by atoms with van der Waals surface area (Å²) in [5.41, 5.74) is -1.52. The summed E-state index contributed by atoms with van der Waals surface area (Å²) in [6.07, 6.45) is 2.93. The van der Waals surface area contributed by atoms with Crippen LogP contribution >= 0.6 is 0 Å². The Morgan fingerprint density at radius 3 is 1.83 bits per heavy atom. The van der Waals surface area contributed by atoms with Crippen LogP contribution in [0, 0.1) is 35.1 Å². The molecule has 0 radical (unpaired) electrons. The van der Waals surface area contributed by atoms with Crippen LogP contribution in [0.4, 0.5) is 35.1 Å². The molecule has 1 aliphatic rings. The fourth-order valence-corrected chi connectivity index (χ4v) is 4.63. The van der Waals surface area contributed by atoms with Gasteiger partial charge in [0.15, 0.2) is 17.4 Å². The van der Waals surface area contributed by atoms with Crippen molar-refractivity contribution in [3.05, 3.63) is 58.7 Å². The Morgan fingerprint density at radius 1 is 0.829 bits per heavy atom. The molecule has 0 aromatic heterocycles. The minimum atomic E-state index is -4.64. The van der Waals surface area contributed by atoms with Gasteiger partial charge in [-0.25, -0.2) is 17.6 Å². The maximum atomic E-state index is 14.5. The Labute approximate surface area is 198 Å². The molecule has 1 saturated carbocycles. The van der Waals surface area contributed by atoms with E-state index in [9.17, 15) is 35.1 Å². The molecule has 0 saturated heterocycles. The van der Waals surface area contributed by atoms with E-state index >= 15 is 0 Å². The third-order valence-electron chi connectivity index (χ3n) is 6.32. The molecule has 1 fully saturated rings. The monoisotopic (exact) mass is 510 g/mol. The van der Waals surface area contributed by atoms with E-state index in [0.29, 0.717) is 24.7 Å². The first-order chi connectivity index (χ1) is 16.5. The van der Waals surface area contributed by atoms with Crippen LogP contribution in [0.25, 0.3) is 0 Å². The average molecular weight is 510 g/mol. The third kappa shape index (κ3) is 7.01. The highest BCUT2D eigenvalue weighted by molar-refractivity contribution is 5.36. The number of alkyl halides is 4. The molecule has 0 amide bonds. The van der Waals surface area contributed by atoms with Gasteiger partial charge in [0.2, 0.25) is 0 Å². The van der Waals surface area contributed by atoms with Crippen molar-refractivity contribution in [2.45, 2.75) is 71.0 Å². The lowest BCUT2D eigenvalue weighted by molar-refractivity contribution is -0.189. The summed E-state index contributed by atoms with van der Waals surface area (Å²) < 4.78 is 118. The van der Waals surface area contributed by atoms with E-state index < -0.39 is 53.1 Å². The quantitative estimate of drug-likeness (QED) is 0.298. The third-order valence-corrected chi connectivity index (χ3v) is 6.32. The van der Waals surface area contributed by atoms with Gasteiger partial charge in [0.25, 0.3) is 0 Å². The smallest absolute Gasteiger partial charge is 0.429 e. The zero-order valence-corrected chi connectivity index (χ0v) is 19.0. The van der Waals surface area contributed by atoms with Crippen LogP contribution in [0.15, 0.2) is 24.3 Å². The Kier molecular flexibility index (Phi) is 8.88. The first kappa shape index (κ1) is 27.1. The first-order valence-corrected chi connectivity index (χ1v) is 11.5. The van der Waals surface area contributed by atoms with E-state index in [0.717, 1.165) is 44.2 Å². The minimum absolute atomic E-state index is 0.147. The SMILES string of the molecule is CCC[C@H]1CC[C@H](CCc2cc(F)c(C(F)(F)Oc3cc(F)c(OC(F)F)c(F)c3)c(F)c2)CC1. The molecule has 194 valence electrons. The molecule has 35 heavy (non-hydrogen) atoms. The summed E-state index contributed by atoms with van der Waals surface area (Å²) >= 11 is 0. The van der Waals surface area contributed by atoms with Crippen LogP contribution in [-0.4, -0.2) is 6.61 Å². The number of benzene rings is 2. The molecule has 0 atom stereocenters. The predicted octanol–water partition coefficient (Wildman–Crippen LogP) is 8.51.